The zero-order chi connectivity index (χ0) is 12.1. The van der Waals surface area contributed by atoms with Crippen molar-refractivity contribution < 1.29 is 4.79 Å². The Balaban J connectivity index is 1.73. The van der Waals surface area contributed by atoms with Gasteiger partial charge in [0.25, 0.3) is 0 Å². The second-order valence-corrected chi connectivity index (χ2v) is 5.63. The van der Waals surface area contributed by atoms with Gasteiger partial charge in [-0.05, 0) is 30.5 Å². The highest BCUT2D eigenvalue weighted by atomic mass is 35.5. The minimum Gasteiger partial charge on any atom is -0.342 e. The fourth-order valence-electron chi connectivity index (χ4n) is 1.94. The number of nitrogens with zero attached hydrogens (tertiary/aromatic N) is 1. The van der Waals surface area contributed by atoms with Crippen LogP contribution in [0.4, 0.5) is 0 Å². The van der Waals surface area contributed by atoms with E-state index in [-0.39, 0.29) is 5.91 Å². The van der Waals surface area contributed by atoms with Gasteiger partial charge in [0.1, 0.15) is 0 Å². The second kappa shape index (κ2) is 6.31. The van der Waals surface area contributed by atoms with Crippen LogP contribution in [0.15, 0.2) is 24.3 Å². The lowest BCUT2D eigenvalue weighted by Crippen LogP contribution is -2.29. The Labute approximate surface area is 111 Å². The molecule has 92 valence electrons. The summed E-state index contributed by atoms with van der Waals surface area (Å²) < 4.78 is 0. The minimum absolute atomic E-state index is 0.273. The first kappa shape index (κ1) is 12.8. The number of carbonyl (C=O) groups is 1. The van der Waals surface area contributed by atoms with Gasteiger partial charge in [0.15, 0.2) is 0 Å². The highest BCUT2D eigenvalue weighted by Crippen LogP contribution is 2.17. The lowest BCUT2D eigenvalue weighted by molar-refractivity contribution is -0.127. The molecule has 0 N–H and O–H groups in total. The van der Waals surface area contributed by atoms with Gasteiger partial charge >= 0.3 is 0 Å². The average molecular weight is 270 g/mol. The number of rotatable bonds is 4. The molecule has 0 atom stereocenters. The van der Waals surface area contributed by atoms with Crippen LogP contribution in [0.2, 0.25) is 5.02 Å². The third-order valence-electron chi connectivity index (χ3n) is 2.84. The summed E-state index contributed by atoms with van der Waals surface area (Å²) in [6.45, 7) is 1.88. The number of thioether (sulfide) groups is 1. The van der Waals surface area contributed by atoms with Crippen LogP contribution >= 0.6 is 23.4 Å². The van der Waals surface area contributed by atoms with Crippen molar-refractivity contribution in [3.63, 3.8) is 0 Å². The molecule has 1 aliphatic rings. The molecule has 4 heteroatoms. The van der Waals surface area contributed by atoms with Gasteiger partial charge in [-0.25, -0.2) is 0 Å². The monoisotopic (exact) mass is 269 g/mol. The molecule has 1 aliphatic heterocycles. The summed E-state index contributed by atoms with van der Waals surface area (Å²) >= 11 is 7.57. The summed E-state index contributed by atoms with van der Waals surface area (Å²) in [5.41, 5.74) is 1.18. The first-order valence-corrected chi connectivity index (χ1v) is 7.39. The predicted molar refractivity (Wildman–Crippen MR) is 73.4 cm³/mol. The third kappa shape index (κ3) is 3.93. The Kier molecular flexibility index (Phi) is 4.75. The molecule has 0 bridgehead atoms. The number of hydrogen-bond donors (Lipinski definition) is 0. The smallest absolute Gasteiger partial charge is 0.232 e. The van der Waals surface area contributed by atoms with Crippen molar-refractivity contribution in [1.29, 1.82) is 0 Å². The van der Waals surface area contributed by atoms with E-state index in [4.69, 9.17) is 11.6 Å². The number of halogens is 1. The molecule has 0 saturated carbocycles. The van der Waals surface area contributed by atoms with E-state index in [1.165, 1.54) is 5.56 Å². The lowest BCUT2D eigenvalue weighted by Gasteiger charge is -2.14. The predicted octanol–water partition coefficient (Wildman–Crippen LogP) is 3.20. The van der Waals surface area contributed by atoms with Crippen molar-refractivity contribution in [1.82, 2.24) is 4.90 Å². The molecule has 0 aromatic heterocycles. The fraction of sp³-hybridized carbons (Fsp3) is 0.462. The van der Waals surface area contributed by atoms with Crippen molar-refractivity contribution in [2.24, 2.45) is 0 Å². The van der Waals surface area contributed by atoms with Crippen LogP contribution in [0.5, 0.6) is 0 Å². The number of hydrogen-bond acceptors (Lipinski definition) is 2. The summed E-state index contributed by atoms with van der Waals surface area (Å²) in [5, 5.41) is 0.758. The largest absolute Gasteiger partial charge is 0.342 e. The number of likely N-dealkylation sites (tertiary alicyclic amines) is 1. The van der Waals surface area contributed by atoms with Crippen LogP contribution in [0.25, 0.3) is 0 Å². The lowest BCUT2D eigenvalue weighted by atomic mass is 10.2. The van der Waals surface area contributed by atoms with Gasteiger partial charge in [-0.2, -0.15) is 0 Å². The van der Waals surface area contributed by atoms with Crippen LogP contribution in [-0.2, 0) is 10.5 Å². The maximum atomic E-state index is 11.8. The Morgan fingerprint density at radius 2 is 2.12 bits per heavy atom. The van der Waals surface area contributed by atoms with Gasteiger partial charge in [0, 0.05) is 23.9 Å². The van der Waals surface area contributed by atoms with E-state index in [1.54, 1.807) is 11.8 Å². The van der Waals surface area contributed by atoms with Gasteiger partial charge in [-0.3, -0.25) is 4.79 Å². The number of amides is 1. The topological polar surface area (TPSA) is 20.3 Å². The minimum atomic E-state index is 0.273. The molecule has 1 aromatic rings. The summed E-state index contributed by atoms with van der Waals surface area (Å²) in [6.07, 6.45) is 2.31. The Bertz CT molecular complexity index is 391. The normalized spacial score (nSPS) is 15.2. The quantitative estimate of drug-likeness (QED) is 0.837. The van der Waals surface area contributed by atoms with Gasteiger partial charge in [0.2, 0.25) is 5.91 Å². The zero-order valence-electron chi connectivity index (χ0n) is 9.69. The van der Waals surface area contributed by atoms with E-state index in [2.05, 4.69) is 0 Å². The van der Waals surface area contributed by atoms with Crippen molar-refractivity contribution in [3.05, 3.63) is 34.9 Å². The molecule has 1 amide bonds. The van der Waals surface area contributed by atoms with Crippen molar-refractivity contribution in [2.45, 2.75) is 18.6 Å². The average Bonchev–Trinajstić information content (AvgIpc) is 2.82. The first-order valence-electron chi connectivity index (χ1n) is 5.85. The van der Waals surface area contributed by atoms with Crippen LogP contribution in [0, 0.1) is 0 Å². The van der Waals surface area contributed by atoms with Gasteiger partial charge < -0.3 is 4.90 Å². The highest BCUT2D eigenvalue weighted by molar-refractivity contribution is 7.99. The van der Waals surface area contributed by atoms with Crippen molar-refractivity contribution >= 4 is 29.3 Å². The fourth-order valence-corrected chi connectivity index (χ4v) is 3.03. The molecule has 1 fully saturated rings. The summed E-state index contributed by atoms with van der Waals surface area (Å²) in [6, 6.07) is 7.81. The van der Waals surface area contributed by atoms with E-state index in [0.717, 1.165) is 36.7 Å². The maximum Gasteiger partial charge on any atom is 0.232 e. The van der Waals surface area contributed by atoms with Crippen LogP contribution in [-0.4, -0.2) is 29.6 Å². The summed E-state index contributed by atoms with van der Waals surface area (Å²) in [7, 11) is 0. The molecule has 0 unspecified atom stereocenters. The molecular weight excluding hydrogens is 254 g/mol. The highest BCUT2D eigenvalue weighted by Gasteiger charge is 2.17. The van der Waals surface area contributed by atoms with Crippen LogP contribution in [0.3, 0.4) is 0 Å². The molecular formula is C13H16ClNOS. The zero-order valence-corrected chi connectivity index (χ0v) is 11.3. The molecule has 2 nitrogen and oxygen atoms in total. The molecule has 0 spiro atoms. The Hall–Kier alpha value is -0.670. The molecule has 0 aliphatic carbocycles. The molecule has 1 heterocycles. The van der Waals surface area contributed by atoms with E-state index in [0.29, 0.717) is 5.75 Å². The van der Waals surface area contributed by atoms with Crippen molar-refractivity contribution in [2.75, 3.05) is 18.8 Å². The first-order chi connectivity index (χ1) is 8.25. The SMILES string of the molecule is O=C(CSCc1cccc(Cl)c1)N1CCCC1. The van der Waals surface area contributed by atoms with Crippen LogP contribution < -0.4 is 0 Å². The van der Waals surface area contributed by atoms with Gasteiger partial charge in [-0.15, -0.1) is 11.8 Å². The molecule has 0 radical (unpaired) electrons. The molecule has 17 heavy (non-hydrogen) atoms. The van der Waals surface area contributed by atoms with Gasteiger partial charge in [-0.1, -0.05) is 23.7 Å². The Morgan fingerprint density at radius 3 is 2.82 bits per heavy atom. The molecule has 1 aromatic carbocycles. The molecule has 1 saturated heterocycles. The van der Waals surface area contributed by atoms with E-state index >= 15 is 0 Å². The molecule has 2 rings (SSSR count). The van der Waals surface area contributed by atoms with E-state index < -0.39 is 0 Å². The maximum absolute atomic E-state index is 11.8. The van der Waals surface area contributed by atoms with Crippen molar-refractivity contribution in [3.8, 4) is 0 Å². The Morgan fingerprint density at radius 1 is 1.35 bits per heavy atom. The van der Waals surface area contributed by atoms with E-state index in [9.17, 15) is 4.79 Å². The van der Waals surface area contributed by atoms with Crippen LogP contribution in [0.1, 0.15) is 18.4 Å². The summed E-state index contributed by atoms with van der Waals surface area (Å²) in [5.74, 6) is 1.70. The summed E-state index contributed by atoms with van der Waals surface area (Å²) in [4.78, 5) is 13.7. The van der Waals surface area contributed by atoms with Gasteiger partial charge in [0.05, 0.1) is 5.75 Å². The third-order valence-corrected chi connectivity index (χ3v) is 4.07. The van der Waals surface area contributed by atoms with E-state index in [1.807, 2.05) is 29.2 Å². The number of carbonyl (C=O) groups excluding carboxylic acids is 1. The number of benzene rings is 1. The second-order valence-electron chi connectivity index (χ2n) is 4.21. The standard InChI is InChI=1S/C13H16ClNOS/c14-12-5-3-4-11(8-12)9-17-10-13(16)15-6-1-2-7-15/h3-5,8H,1-2,6-7,9-10H2.